The summed E-state index contributed by atoms with van der Waals surface area (Å²) in [5, 5.41) is 4.27. The maximum absolute atomic E-state index is 13.2. The van der Waals surface area contributed by atoms with Crippen LogP contribution in [0.5, 0.6) is 5.75 Å². The van der Waals surface area contributed by atoms with Crippen LogP contribution in [0.15, 0.2) is 59.6 Å². The van der Waals surface area contributed by atoms with Crippen molar-refractivity contribution < 1.29 is 13.2 Å². The summed E-state index contributed by atoms with van der Waals surface area (Å²) in [7, 11) is -3.66. The Hall–Kier alpha value is -2.22. The number of hydrogen-bond acceptors (Lipinski definition) is 5. The number of piperazine rings is 1. The summed E-state index contributed by atoms with van der Waals surface area (Å²) in [5.41, 5.74) is 1.81. The number of hydrogen-bond donors (Lipinski definition) is 1. The molecule has 1 aliphatic heterocycles. The molecule has 2 heterocycles. The third-order valence-electron chi connectivity index (χ3n) is 5.27. The Balaban J connectivity index is 0.00000256. The third kappa shape index (κ3) is 4.58. The quantitative estimate of drug-likeness (QED) is 0.554. The topological polar surface area (TPSA) is 63.6 Å². The Kier molecular flexibility index (Phi) is 7.28. The lowest BCUT2D eigenvalue weighted by molar-refractivity contribution is 0.309. The van der Waals surface area contributed by atoms with Crippen LogP contribution in [0.4, 0.5) is 5.69 Å². The molecule has 1 N–H and O–H groups in total. The predicted octanol–water partition coefficient (Wildman–Crippen LogP) is 3.89. The fourth-order valence-electron chi connectivity index (χ4n) is 3.59. The lowest BCUT2D eigenvalue weighted by Crippen LogP contribution is -2.43. The van der Waals surface area contributed by atoms with Gasteiger partial charge in [-0.3, -0.25) is 0 Å². The first-order chi connectivity index (χ1) is 14.1. The van der Waals surface area contributed by atoms with Crippen LogP contribution in [-0.4, -0.2) is 45.2 Å². The van der Waals surface area contributed by atoms with Crippen LogP contribution >= 0.6 is 12.4 Å². The van der Waals surface area contributed by atoms with Crippen molar-refractivity contribution in [3.63, 3.8) is 0 Å². The van der Waals surface area contributed by atoms with Crippen LogP contribution in [0.3, 0.4) is 0 Å². The van der Waals surface area contributed by atoms with Gasteiger partial charge in [-0.15, -0.1) is 12.4 Å². The minimum atomic E-state index is -3.66. The molecule has 0 saturated carbocycles. The summed E-state index contributed by atoms with van der Waals surface area (Å²) in [5.74, 6) is 0.690. The molecule has 0 unspecified atom stereocenters. The highest BCUT2D eigenvalue weighted by Gasteiger charge is 2.20. The maximum Gasteiger partial charge on any atom is 0.268 e. The number of rotatable bonds is 7. The largest absolute Gasteiger partial charge is 0.494 e. The Morgan fingerprint density at radius 2 is 1.77 bits per heavy atom. The summed E-state index contributed by atoms with van der Waals surface area (Å²) >= 11 is 0. The van der Waals surface area contributed by atoms with Crippen molar-refractivity contribution in [2.75, 3.05) is 37.7 Å². The Labute approximate surface area is 184 Å². The molecule has 0 radical (unpaired) electrons. The molecular formula is C22H28ClN3O3S. The molecule has 8 heteroatoms. The van der Waals surface area contributed by atoms with Crippen LogP contribution < -0.4 is 15.0 Å². The molecular weight excluding hydrogens is 422 g/mol. The van der Waals surface area contributed by atoms with Gasteiger partial charge in [0.15, 0.2) is 0 Å². The molecule has 2 aromatic carbocycles. The standard InChI is InChI=1S/C22H27N3O3S.ClH/c1-2-3-16-28-20-5-7-21(8-6-20)29(26,27)25-13-10-18-17-19(4-9-22(18)25)24-14-11-23-12-15-24;/h4-10,13,17,23H,2-3,11-12,14-16H2,1H3;1H. The average Bonchev–Trinajstić information content (AvgIpc) is 3.19. The number of benzene rings is 2. The number of halogens is 1. The molecule has 1 saturated heterocycles. The maximum atomic E-state index is 13.2. The summed E-state index contributed by atoms with van der Waals surface area (Å²) in [6.45, 7) is 6.58. The van der Waals surface area contributed by atoms with Gasteiger partial charge in [-0.05, 0) is 55.0 Å². The van der Waals surface area contributed by atoms with Crippen molar-refractivity contribution in [3.8, 4) is 5.75 Å². The van der Waals surface area contributed by atoms with E-state index in [2.05, 4.69) is 23.2 Å². The van der Waals surface area contributed by atoms with Crippen molar-refractivity contribution >= 4 is 39.0 Å². The van der Waals surface area contributed by atoms with Crippen LogP contribution in [0.25, 0.3) is 10.9 Å². The molecule has 162 valence electrons. The molecule has 0 aliphatic carbocycles. The zero-order valence-corrected chi connectivity index (χ0v) is 18.7. The van der Waals surface area contributed by atoms with E-state index in [4.69, 9.17) is 4.74 Å². The minimum absolute atomic E-state index is 0. The van der Waals surface area contributed by atoms with Gasteiger partial charge >= 0.3 is 0 Å². The Morgan fingerprint density at radius 3 is 2.47 bits per heavy atom. The molecule has 0 spiro atoms. The molecule has 0 amide bonds. The van der Waals surface area contributed by atoms with Crippen LogP contribution in [0, 0.1) is 0 Å². The molecule has 0 bridgehead atoms. The smallest absolute Gasteiger partial charge is 0.268 e. The molecule has 1 aliphatic rings. The van der Waals surface area contributed by atoms with Gasteiger partial charge in [0, 0.05) is 43.4 Å². The molecule has 3 aromatic rings. The summed E-state index contributed by atoms with van der Waals surface area (Å²) in [4.78, 5) is 2.57. The van der Waals surface area contributed by atoms with Gasteiger partial charge in [0.05, 0.1) is 17.0 Å². The van der Waals surface area contributed by atoms with E-state index in [0.717, 1.165) is 50.1 Å². The highest BCUT2D eigenvalue weighted by Crippen LogP contribution is 2.27. The fourth-order valence-corrected chi connectivity index (χ4v) is 4.94. The van der Waals surface area contributed by atoms with E-state index in [1.54, 1.807) is 30.5 Å². The molecule has 1 fully saturated rings. The van der Waals surface area contributed by atoms with E-state index in [0.29, 0.717) is 17.9 Å². The number of aromatic nitrogens is 1. The van der Waals surface area contributed by atoms with Gasteiger partial charge in [-0.2, -0.15) is 0 Å². The van der Waals surface area contributed by atoms with Gasteiger partial charge in [-0.25, -0.2) is 12.4 Å². The first-order valence-corrected chi connectivity index (χ1v) is 11.6. The fraction of sp³-hybridized carbons (Fsp3) is 0.364. The van der Waals surface area contributed by atoms with E-state index in [-0.39, 0.29) is 17.3 Å². The van der Waals surface area contributed by atoms with Crippen molar-refractivity contribution in [1.29, 1.82) is 0 Å². The predicted molar refractivity (Wildman–Crippen MR) is 124 cm³/mol. The van der Waals surface area contributed by atoms with Gasteiger partial charge in [0.1, 0.15) is 5.75 Å². The number of ether oxygens (including phenoxy) is 1. The highest BCUT2D eigenvalue weighted by molar-refractivity contribution is 7.90. The van der Waals surface area contributed by atoms with Crippen molar-refractivity contribution in [3.05, 3.63) is 54.7 Å². The monoisotopic (exact) mass is 449 g/mol. The van der Waals surface area contributed by atoms with E-state index < -0.39 is 10.0 Å². The van der Waals surface area contributed by atoms with E-state index >= 15 is 0 Å². The normalized spacial score (nSPS) is 14.5. The Morgan fingerprint density at radius 1 is 1.03 bits per heavy atom. The van der Waals surface area contributed by atoms with Gasteiger partial charge in [-0.1, -0.05) is 13.3 Å². The lowest BCUT2D eigenvalue weighted by Gasteiger charge is -2.29. The minimum Gasteiger partial charge on any atom is -0.494 e. The SMILES string of the molecule is CCCCOc1ccc(S(=O)(=O)n2ccc3cc(N4CCNCC4)ccc32)cc1.Cl. The van der Waals surface area contributed by atoms with E-state index in [1.807, 2.05) is 18.2 Å². The zero-order chi connectivity index (χ0) is 20.3. The molecule has 0 atom stereocenters. The van der Waals surface area contributed by atoms with Gasteiger partial charge in [0.2, 0.25) is 0 Å². The summed E-state index contributed by atoms with van der Waals surface area (Å²) in [6.07, 6.45) is 3.67. The number of fused-ring (bicyclic) bond motifs is 1. The molecule has 30 heavy (non-hydrogen) atoms. The highest BCUT2D eigenvalue weighted by atomic mass is 35.5. The average molecular weight is 450 g/mol. The second-order valence-corrected chi connectivity index (χ2v) is 9.09. The number of anilines is 1. The van der Waals surface area contributed by atoms with Gasteiger partial charge < -0.3 is 15.0 Å². The van der Waals surface area contributed by atoms with E-state index in [1.165, 1.54) is 3.97 Å². The van der Waals surface area contributed by atoms with Crippen LogP contribution in [-0.2, 0) is 10.0 Å². The second-order valence-electron chi connectivity index (χ2n) is 7.27. The Bertz CT molecular complexity index is 1070. The van der Waals surface area contributed by atoms with E-state index in [9.17, 15) is 8.42 Å². The number of unbranched alkanes of at least 4 members (excludes halogenated alkanes) is 1. The van der Waals surface area contributed by atoms with Crippen molar-refractivity contribution in [1.82, 2.24) is 9.29 Å². The molecule has 6 nitrogen and oxygen atoms in total. The third-order valence-corrected chi connectivity index (χ3v) is 6.97. The molecule has 1 aromatic heterocycles. The first-order valence-electron chi connectivity index (χ1n) is 10.1. The van der Waals surface area contributed by atoms with Crippen molar-refractivity contribution in [2.45, 2.75) is 24.7 Å². The lowest BCUT2D eigenvalue weighted by atomic mass is 10.2. The van der Waals surface area contributed by atoms with Gasteiger partial charge in [0.25, 0.3) is 10.0 Å². The van der Waals surface area contributed by atoms with Crippen LogP contribution in [0.2, 0.25) is 0 Å². The molecule has 4 rings (SSSR count). The second kappa shape index (κ2) is 9.73. The number of nitrogens with zero attached hydrogens (tertiary/aromatic N) is 2. The summed E-state index contributed by atoms with van der Waals surface area (Å²) in [6, 6.07) is 14.5. The number of nitrogens with one attached hydrogen (secondary N) is 1. The first kappa shape index (κ1) is 22.5. The summed E-state index contributed by atoms with van der Waals surface area (Å²) < 4.78 is 33.3. The van der Waals surface area contributed by atoms with Crippen molar-refractivity contribution in [2.24, 2.45) is 0 Å². The zero-order valence-electron chi connectivity index (χ0n) is 17.1. The van der Waals surface area contributed by atoms with Crippen LogP contribution in [0.1, 0.15) is 19.8 Å².